The van der Waals surface area contributed by atoms with Crippen molar-refractivity contribution in [3.8, 4) is 0 Å². The number of carbonyl (C=O) groups is 2. The van der Waals surface area contributed by atoms with Crippen molar-refractivity contribution in [3.05, 3.63) is 47.2 Å². The van der Waals surface area contributed by atoms with Gasteiger partial charge in [-0.15, -0.1) is 0 Å². The number of rotatable bonds is 5. The molecule has 5 rings (SSSR count). The van der Waals surface area contributed by atoms with E-state index < -0.39 is 12.2 Å². The van der Waals surface area contributed by atoms with Crippen molar-refractivity contribution in [1.82, 2.24) is 15.5 Å². The van der Waals surface area contributed by atoms with Crippen LogP contribution in [-0.2, 0) is 17.8 Å². The molecule has 1 aromatic rings. The zero-order valence-electron chi connectivity index (χ0n) is 19.5. The molecular weight excluding hydrogens is 417 g/mol. The summed E-state index contributed by atoms with van der Waals surface area (Å²) in [4.78, 5) is 27.2. The first-order valence-corrected chi connectivity index (χ1v) is 12.8. The van der Waals surface area contributed by atoms with E-state index in [9.17, 15) is 14.0 Å². The molecule has 1 aromatic carbocycles. The third-order valence-electron chi connectivity index (χ3n) is 8.21. The lowest BCUT2D eigenvalue weighted by Crippen LogP contribution is -2.49. The summed E-state index contributed by atoms with van der Waals surface area (Å²) in [6, 6.07) is 6.78. The SMILES string of the molecule is C=C1CCC(N2Cc3cc(C[C@H]4CCCC[C@@H]4NC4CCC(F)CC4)ccc3C2=O)C(=O)N1. The second-order valence-corrected chi connectivity index (χ2v) is 10.5. The molecule has 2 N–H and O–H groups in total. The van der Waals surface area contributed by atoms with E-state index in [1.54, 1.807) is 4.90 Å². The molecule has 2 heterocycles. The van der Waals surface area contributed by atoms with E-state index in [1.807, 2.05) is 6.07 Å². The molecule has 2 aliphatic heterocycles. The van der Waals surface area contributed by atoms with Crippen molar-refractivity contribution < 1.29 is 14.0 Å². The van der Waals surface area contributed by atoms with Gasteiger partial charge in [0.1, 0.15) is 12.2 Å². The van der Waals surface area contributed by atoms with Crippen LogP contribution in [0.1, 0.15) is 85.7 Å². The number of hydrogen-bond donors (Lipinski definition) is 2. The normalized spacial score (nSPS) is 32.6. The molecule has 4 aliphatic rings. The highest BCUT2D eigenvalue weighted by Crippen LogP contribution is 2.33. The summed E-state index contributed by atoms with van der Waals surface area (Å²) in [6.07, 6.45) is 9.95. The summed E-state index contributed by atoms with van der Waals surface area (Å²) in [5.41, 5.74) is 3.78. The molecule has 33 heavy (non-hydrogen) atoms. The number of piperidine rings is 1. The lowest BCUT2D eigenvalue weighted by atomic mass is 9.79. The summed E-state index contributed by atoms with van der Waals surface area (Å²) in [6.45, 7) is 4.35. The lowest BCUT2D eigenvalue weighted by molar-refractivity contribution is -0.126. The highest BCUT2D eigenvalue weighted by Gasteiger charge is 2.38. The van der Waals surface area contributed by atoms with Crippen LogP contribution in [0.25, 0.3) is 0 Å². The van der Waals surface area contributed by atoms with Crippen LogP contribution >= 0.6 is 0 Å². The Balaban J connectivity index is 1.24. The highest BCUT2D eigenvalue weighted by atomic mass is 19.1. The van der Waals surface area contributed by atoms with Crippen LogP contribution in [0.4, 0.5) is 4.39 Å². The molecule has 178 valence electrons. The minimum atomic E-state index is -0.614. The third kappa shape index (κ3) is 4.86. The van der Waals surface area contributed by atoms with E-state index in [2.05, 4.69) is 29.3 Å². The Morgan fingerprint density at radius 3 is 2.64 bits per heavy atom. The minimum absolute atomic E-state index is 0.0371. The van der Waals surface area contributed by atoms with Crippen LogP contribution in [0.15, 0.2) is 30.5 Å². The number of allylic oxidation sites excluding steroid dienone is 1. The monoisotopic (exact) mass is 453 g/mol. The summed E-state index contributed by atoms with van der Waals surface area (Å²) in [5.74, 6) is 0.415. The van der Waals surface area contributed by atoms with E-state index in [4.69, 9.17) is 0 Å². The van der Waals surface area contributed by atoms with Crippen molar-refractivity contribution in [2.24, 2.45) is 5.92 Å². The van der Waals surface area contributed by atoms with Crippen LogP contribution in [0.3, 0.4) is 0 Å². The van der Waals surface area contributed by atoms with Gasteiger partial charge >= 0.3 is 0 Å². The van der Waals surface area contributed by atoms with Gasteiger partial charge in [0.25, 0.3) is 5.91 Å². The molecule has 0 bridgehead atoms. The predicted octanol–water partition coefficient (Wildman–Crippen LogP) is 4.41. The van der Waals surface area contributed by atoms with Crippen molar-refractivity contribution in [1.29, 1.82) is 0 Å². The Morgan fingerprint density at radius 1 is 1.06 bits per heavy atom. The first kappa shape index (κ1) is 22.6. The first-order chi connectivity index (χ1) is 16.0. The standard InChI is InChI=1S/C27H36FN3O2/c1-17-6-13-25(26(32)29-17)31-16-20-15-18(7-12-23(20)27(31)33)14-19-4-2-3-5-24(19)30-22-10-8-21(28)9-11-22/h7,12,15,19,21-22,24-25,30H,1-6,8-11,13-14,16H2,(H,29,32)/t19-,21?,22?,24+,25?/m1/s1. The Bertz CT molecular complexity index is 924. The van der Waals surface area contributed by atoms with Gasteiger partial charge in [-0.1, -0.05) is 31.6 Å². The van der Waals surface area contributed by atoms with E-state index in [-0.39, 0.29) is 11.8 Å². The van der Waals surface area contributed by atoms with Gasteiger partial charge in [-0.3, -0.25) is 9.59 Å². The van der Waals surface area contributed by atoms with E-state index in [1.165, 1.54) is 31.2 Å². The summed E-state index contributed by atoms with van der Waals surface area (Å²) in [5, 5.41) is 6.69. The van der Waals surface area contributed by atoms with Gasteiger partial charge in [0.05, 0.1) is 0 Å². The molecule has 1 saturated heterocycles. The maximum Gasteiger partial charge on any atom is 0.255 e. The fourth-order valence-corrected chi connectivity index (χ4v) is 6.33. The van der Waals surface area contributed by atoms with Crippen LogP contribution < -0.4 is 10.6 Å². The highest BCUT2D eigenvalue weighted by molar-refractivity contribution is 6.01. The van der Waals surface area contributed by atoms with E-state index in [0.29, 0.717) is 50.2 Å². The molecular formula is C27H36FN3O2. The molecule has 0 radical (unpaired) electrons. The van der Waals surface area contributed by atoms with Gasteiger partial charge in [-0.25, -0.2) is 4.39 Å². The maximum absolute atomic E-state index is 13.5. The largest absolute Gasteiger partial charge is 0.329 e. The summed E-state index contributed by atoms with van der Waals surface area (Å²) < 4.78 is 13.5. The smallest absolute Gasteiger partial charge is 0.255 e. The molecule has 5 nitrogen and oxygen atoms in total. The second kappa shape index (κ2) is 9.57. The Morgan fingerprint density at radius 2 is 1.85 bits per heavy atom. The topological polar surface area (TPSA) is 61.4 Å². The molecule has 0 spiro atoms. The average Bonchev–Trinajstić information content (AvgIpc) is 3.12. The zero-order valence-corrected chi connectivity index (χ0v) is 19.5. The summed E-state index contributed by atoms with van der Waals surface area (Å²) >= 11 is 0. The van der Waals surface area contributed by atoms with Gasteiger partial charge in [-0.05, 0) is 80.9 Å². The summed E-state index contributed by atoms with van der Waals surface area (Å²) in [7, 11) is 0. The number of fused-ring (bicyclic) bond motifs is 1. The molecule has 6 heteroatoms. The third-order valence-corrected chi connectivity index (χ3v) is 8.21. The van der Waals surface area contributed by atoms with Crippen LogP contribution in [0, 0.1) is 5.92 Å². The number of benzene rings is 1. The number of halogens is 1. The number of alkyl halides is 1. The second-order valence-electron chi connectivity index (χ2n) is 10.5. The number of nitrogens with one attached hydrogen (secondary N) is 2. The molecule has 3 fully saturated rings. The van der Waals surface area contributed by atoms with Gasteiger partial charge in [-0.2, -0.15) is 0 Å². The average molecular weight is 454 g/mol. The van der Waals surface area contributed by atoms with Crippen LogP contribution in [0.2, 0.25) is 0 Å². The number of amides is 2. The van der Waals surface area contributed by atoms with Gasteiger partial charge in [0.2, 0.25) is 5.91 Å². The molecule has 0 aromatic heterocycles. The Hall–Kier alpha value is -2.21. The fourth-order valence-electron chi connectivity index (χ4n) is 6.33. The van der Waals surface area contributed by atoms with Gasteiger partial charge in [0, 0.05) is 29.9 Å². The quantitative estimate of drug-likeness (QED) is 0.694. The van der Waals surface area contributed by atoms with E-state index >= 15 is 0 Å². The molecule has 1 unspecified atom stereocenters. The van der Waals surface area contributed by atoms with Crippen molar-refractivity contribution >= 4 is 11.8 Å². The fraction of sp³-hybridized carbons (Fsp3) is 0.630. The molecule has 2 amide bonds. The molecule has 2 aliphatic carbocycles. The lowest BCUT2D eigenvalue weighted by Gasteiger charge is -2.37. The number of hydrogen-bond acceptors (Lipinski definition) is 3. The van der Waals surface area contributed by atoms with Crippen molar-refractivity contribution in [3.63, 3.8) is 0 Å². The first-order valence-electron chi connectivity index (χ1n) is 12.8. The number of carbonyl (C=O) groups excluding carboxylic acids is 2. The number of nitrogens with zero attached hydrogens (tertiary/aromatic N) is 1. The van der Waals surface area contributed by atoms with Crippen LogP contribution in [-0.4, -0.2) is 41.0 Å². The maximum atomic E-state index is 13.5. The Labute approximate surface area is 196 Å². The van der Waals surface area contributed by atoms with Gasteiger partial charge in [0.15, 0.2) is 0 Å². The Kier molecular flexibility index (Phi) is 6.55. The zero-order chi connectivity index (χ0) is 22.9. The van der Waals surface area contributed by atoms with Crippen molar-refractivity contribution in [2.45, 2.75) is 101 Å². The predicted molar refractivity (Wildman–Crippen MR) is 126 cm³/mol. The molecule has 3 atom stereocenters. The van der Waals surface area contributed by atoms with Crippen molar-refractivity contribution in [2.75, 3.05) is 0 Å². The van der Waals surface area contributed by atoms with E-state index in [0.717, 1.165) is 36.1 Å². The molecule has 2 saturated carbocycles. The van der Waals surface area contributed by atoms with Crippen LogP contribution in [0.5, 0.6) is 0 Å². The minimum Gasteiger partial charge on any atom is -0.329 e. The van der Waals surface area contributed by atoms with Gasteiger partial charge < -0.3 is 15.5 Å².